The molecule has 3 aromatic carbocycles. The van der Waals surface area contributed by atoms with Crippen molar-refractivity contribution in [2.75, 3.05) is 5.75 Å². The van der Waals surface area contributed by atoms with Gasteiger partial charge in [-0.2, -0.15) is 5.10 Å². The number of carbonyl (C=O) groups excluding carboxylic acids is 1. The van der Waals surface area contributed by atoms with E-state index in [9.17, 15) is 9.18 Å². The van der Waals surface area contributed by atoms with E-state index in [0.29, 0.717) is 25.3 Å². The lowest BCUT2D eigenvalue weighted by molar-refractivity contribution is -0.118. The van der Waals surface area contributed by atoms with Crippen LogP contribution >= 0.6 is 55.2 Å². The average Bonchev–Trinajstić information content (AvgIpc) is 2.74. The molecule has 0 fully saturated rings. The van der Waals surface area contributed by atoms with Crippen LogP contribution in [0.15, 0.2) is 79.6 Å². The van der Waals surface area contributed by atoms with Crippen LogP contribution in [-0.2, 0) is 11.4 Å². The predicted octanol–water partition coefficient (Wildman–Crippen LogP) is 6.83. The standard InChI is InChI=1S/C22H16Br2ClFN2O2S/c23-18-9-14(10-19(24)22(18)30-12-15-3-1-2-4-20(15)26)11-27-28-21(29)13-31-17-7-5-16(25)6-8-17/h1-11H,12-13H2,(H,28,29)/b27-11-. The van der Waals surface area contributed by atoms with Gasteiger partial charge in [0.2, 0.25) is 5.91 Å². The maximum absolute atomic E-state index is 13.8. The lowest BCUT2D eigenvalue weighted by atomic mass is 10.2. The van der Waals surface area contributed by atoms with Gasteiger partial charge in [0, 0.05) is 15.5 Å². The molecular weight excluding hydrogens is 571 g/mol. The summed E-state index contributed by atoms with van der Waals surface area (Å²) in [5.41, 5.74) is 3.70. The number of benzene rings is 3. The van der Waals surface area contributed by atoms with E-state index in [1.54, 1.807) is 42.5 Å². The number of ether oxygens (including phenoxy) is 1. The first-order valence-electron chi connectivity index (χ1n) is 8.98. The molecule has 1 amide bonds. The molecule has 1 N–H and O–H groups in total. The van der Waals surface area contributed by atoms with Crippen LogP contribution < -0.4 is 10.2 Å². The molecule has 0 aromatic heterocycles. The molecule has 9 heteroatoms. The van der Waals surface area contributed by atoms with Crippen molar-refractivity contribution in [3.05, 3.63) is 91.6 Å². The molecule has 4 nitrogen and oxygen atoms in total. The van der Waals surface area contributed by atoms with E-state index in [1.165, 1.54) is 24.0 Å². The zero-order valence-corrected chi connectivity index (χ0v) is 20.7. The van der Waals surface area contributed by atoms with Gasteiger partial charge in [0.05, 0.1) is 20.9 Å². The zero-order valence-electron chi connectivity index (χ0n) is 15.9. The lowest BCUT2D eigenvalue weighted by Crippen LogP contribution is -2.19. The number of hydrogen-bond acceptors (Lipinski definition) is 4. The van der Waals surface area contributed by atoms with Gasteiger partial charge < -0.3 is 4.74 Å². The van der Waals surface area contributed by atoms with E-state index >= 15 is 0 Å². The highest BCUT2D eigenvalue weighted by molar-refractivity contribution is 9.11. The molecule has 0 saturated carbocycles. The lowest BCUT2D eigenvalue weighted by Gasteiger charge is -2.11. The molecule has 0 spiro atoms. The summed E-state index contributed by atoms with van der Waals surface area (Å²) >= 11 is 14.2. The molecule has 160 valence electrons. The average molecular weight is 587 g/mol. The minimum atomic E-state index is -0.316. The summed E-state index contributed by atoms with van der Waals surface area (Å²) < 4.78 is 20.9. The van der Waals surface area contributed by atoms with Crippen LogP contribution in [-0.4, -0.2) is 17.9 Å². The van der Waals surface area contributed by atoms with E-state index in [0.717, 1.165) is 10.5 Å². The van der Waals surface area contributed by atoms with Crippen LogP contribution in [0.5, 0.6) is 5.75 Å². The van der Waals surface area contributed by atoms with Crippen LogP contribution in [0.25, 0.3) is 0 Å². The molecule has 0 aliphatic rings. The van der Waals surface area contributed by atoms with Crippen LogP contribution in [0.3, 0.4) is 0 Å². The topological polar surface area (TPSA) is 50.7 Å². The van der Waals surface area contributed by atoms with Crippen LogP contribution in [0.4, 0.5) is 4.39 Å². The first-order valence-corrected chi connectivity index (χ1v) is 11.9. The van der Waals surface area contributed by atoms with Crippen molar-refractivity contribution in [2.24, 2.45) is 5.10 Å². The Morgan fingerprint density at radius 2 is 1.81 bits per heavy atom. The Labute approximate surface area is 205 Å². The number of hydrogen-bond donors (Lipinski definition) is 1. The van der Waals surface area contributed by atoms with Crippen molar-refractivity contribution in [3.63, 3.8) is 0 Å². The number of carbonyl (C=O) groups is 1. The summed E-state index contributed by atoms with van der Waals surface area (Å²) in [5, 5.41) is 4.65. The van der Waals surface area contributed by atoms with Gasteiger partial charge in [0.1, 0.15) is 18.2 Å². The summed E-state index contributed by atoms with van der Waals surface area (Å²) in [6.07, 6.45) is 1.53. The molecular formula is C22H16Br2ClFN2O2S. The summed E-state index contributed by atoms with van der Waals surface area (Å²) in [5.74, 6) is 0.237. The highest BCUT2D eigenvalue weighted by atomic mass is 79.9. The third kappa shape index (κ3) is 7.35. The Bertz CT molecular complexity index is 1070. The SMILES string of the molecule is O=C(CSc1ccc(Cl)cc1)N/N=C\c1cc(Br)c(OCc2ccccc2F)c(Br)c1. The fourth-order valence-electron chi connectivity index (χ4n) is 2.45. The fraction of sp³-hybridized carbons (Fsp3) is 0.0909. The molecule has 0 atom stereocenters. The Hall–Kier alpha value is -1.87. The Balaban J connectivity index is 1.54. The minimum Gasteiger partial charge on any atom is -0.486 e. The molecule has 0 aliphatic carbocycles. The van der Waals surface area contributed by atoms with E-state index in [2.05, 4.69) is 42.4 Å². The molecule has 31 heavy (non-hydrogen) atoms. The van der Waals surface area contributed by atoms with Gasteiger partial charge in [-0.25, -0.2) is 9.82 Å². The van der Waals surface area contributed by atoms with Gasteiger partial charge in [-0.15, -0.1) is 11.8 Å². The predicted molar refractivity (Wildman–Crippen MR) is 130 cm³/mol. The molecule has 0 radical (unpaired) electrons. The second-order valence-corrected chi connectivity index (χ2v) is 9.42. The van der Waals surface area contributed by atoms with Crippen molar-refractivity contribution in [2.45, 2.75) is 11.5 Å². The number of halogens is 4. The second kappa shape index (κ2) is 11.7. The van der Waals surface area contributed by atoms with Gasteiger partial charge in [0.15, 0.2) is 0 Å². The zero-order chi connectivity index (χ0) is 22.2. The summed E-state index contributed by atoms with van der Waals surface area (Å²) in [6, 6.07) is 17.3. The van der Waals surface area contributed by atoms with Gasteiger partial charge in [-0.1, -0.05) is 29.8 Å². The number of hydrazone groups is 1. The van der Waals surface area contributed by atoms with Crippen LogP contribution in [0.2, 0.25) is 5.02 Å². The third-order valence-electron chi connectivity index (χ3n) is 3.94. The largest absolute Gasteiger partial charge is 0.486 e. The van der Waals surface area contributed by atoms with Gasteiger partial charge >= 0.3 is 0 Å². The van der Waals surface area contributed by atoms with Crippen LogP contribution in [0, 0.1) is 5.82 Å². The number of rotatable bonds is 8. The van der Waals surface area contributed by atoms with E-state index in [1.807, 2.05) is 12.1 Å². The monoisotopic (exact) mass is 584 g/mol. The van der Waals surface area contributed by atoms with Gasteiger partial charge in [-0.3, -0.25) is 4.79 Å². The first kappa shape index (κ1) is 23.8. The van der Waals surface area contributed by atoms with Crippen molar-refractivity contribution in [1.82, 2.24) is 5.43 Å². The highest BCUT2D eigenvalue weighted by Crippen LogP contribution is 2.35. The van der Waals surface area contributed by atoms with E-state index in [-0.39, 0.29) is 24.1 Å². The van der Waals surface area contributed by atoms with E-state index in [4.69, 9.17) is 16.3 Å². The number of nitrogens with one attached hydrogen (secondary N) is 1. The Morgan fingerprint density at radius 1 is 1.13 bits per heavy atom. The molecule has 0 aliphatic heterocycles. The molecule has 0 unspecified atom stereocenters. The van der Waals surface area contributed by atoms with Crippen LogP contribution in [0.1, 0.15) is 11.1 Å². The summed E-state index contributed by atoms with van der Waals surface area (Å²) in [6.45, 7) is 0.0959. The van der Waals surface area contributed by atoms with Gasteiger partial charge in [-0.05, 0) is 79.9 Å². The molecule has 3 aromatic rings. The third-order valence-corrected chi connectivity index (χ3v) is 6.38. The van der Waals surface area contributed by atoms with Crippen molar-refractivity contribution < 1.29 is 13.9 Å². The first-order chi connectivity index (χ1) is 14.9. The summed E-state index contributed by atoms with van der Waals surface area (Å²) in [4.78, 5) is 12.9. The fourth-order valence-corrected chi connectivity index (χ4v) is 4.72. The Kier molecular flexibility index (Phi) is 8.95. The summed E-state index contributed by atoms with van der Waals surface area (Å²) in [7, 11) is 0. The molecule has 0 saturated heterocycles. The number of amides is 1. The molecule has 3 rings (SSSR count). The second-order valence-electron chi connectivity index (χ2n) is 6.23. The van der Waals surface area contributed by atoms with Crippen molar-refractivity contribution >= 4 is 67.3 Å². The van der Waals surface area contributed by atoms with E-state index < -0.39 is 0 Å². The highest BCUT2D eigenvalue weighted by Gasteiger charge is 2.10. The maximum atomic E-state index is 13.8. The maximum Gasteiger partial charge on any atom is 0.250 e. The van der Waals surface area contributed by atoms with Crippen molar-refractivity contribution in [3.8, 4) is 5.75 Å². The molecule has 0 heterocycles. The number of nitrogens with zero attached hydrogens (tertiary/aromatic N) is 1. The van der Waals surface area contributed by atoms with Gasteiger partial charge in [0.25, 0.3) is 0 Å². The van der Waals surface area contributed by atoms with Crippen molar-refractivity contribution in [1.29, 1.82) is 0 Å². The normalized spacial score (nSPS) is 11.0. The minimum absolute atomic E-state index is 0.0959. The quantitative estimate of drug-likeness (QED) is 0.179. The number of thioether (sulfide) groups is 1. The smallest absolute Gasteiger partial charge is 0.250 e. The Morgan fingerprint density at radius 3 is 2.48 bits per heavy atom. The molecule has 0 bridgehead atoms.